The quantitative estimate of drug-likeness (QED) is 0.357. The van der Waals surface area contributed by atoms with Crippen LogP contribution in [0.1, 0.15) is 37.2 Å². The van der Waals surface area contributed by atoms with Crippen LogP contribution in [0.4, 0.5) is 0 Å². The summed E-state index contributed by atoms with van der Waals surface area (Å²) in [6.45, 7) is 3.74. The van der Waals surface area contributed by atoms with E-state index in [0.717, 1.165) is 24.0 Å². The third kappa shape index (κ3) is 3.29. The van der Waals surface area contributed by atoms with Crippen molar-refractivity contribution in [3.05, 3.63) is 30.0 Å². The lowest BCUT2D eigenvalue weighted by molar-refractivity contribution is 0.0911. The van der Waals surface area contributed by atoms with E-state index in [9.17, 15) is 4.79 Å². The van der Waals surface area contributed by atoms with Gasteiger partial charge in [-0.3, -0.25) is 9.52 Å². The molecule has 0 atom stereocenters. The van der Waals surface area contributed by atoms with Crippen LogP contribution in [-0.4, -0.2) is 17.9 Å². The summed E-state index contributed by atoms with van der Waals surface area (Å²) in [5.41, 5.74) is 0.696. The number of rotatable bonds is 6. The van der Waals surface area contributed by atoms with Crippen molar-refractivity contribution in [3.8, 4) is 5.75 Å². The Hall–Kier alpha value is -1.11. The van der Waals surface area contributed by atoms with Gasteiger partial charge < -0.3 is 9.15 Å². The smallest absolute Gasteiger partial charge is 0.200 e. The topological polar surface area (TPSA) is 51.5 Å². The molecule has 1 N–H and O–H groups in total. The standard InChI is InChI=1S/C16H19NO3S2/c1-9(2)16(18)15-5-10-3-4-12(8-14(10)20-15)19-13-6-11(7-13)17-22-21/h3-5,8-9,11,13,17,21H,6-7H2,1-2H3. The second-order valence-corrected chi connectivity index (χ2v) is 6.91. The van der Waals surface area contributed by atoms with Crippen molar-refractivity contribution < 1.29 is 13.9 Å². The molecule has 1 saturated carbocycles. The Labute approximate surface area is 138 Å². The molecule has 6 heteroatoms. The minimum Gasteiger partial charge on any atom is -0.490 e. The summed E-state index contributed by atoms with van der Waals surface area (Å²) in [6, 6.07) is 7.99. The number of furan rings is 1. The van der Waals surface area contributed by atoms with Crippen molar-refractivity contribution in [2.24, 2.45) is 5.92 Å². The van der Waals surface area contributed by atoms with Gasteiger partial charge in [0.1, 0.15) is 17.4 Å². The van der Waals surface area contributed by atoms with E-state index in [1.54, 1.807) is 6.07 Å². The van der Waals surface area contributed by atoms with E-state index in [4.69, 9.17) is 9.15 Å². The number of nitrogens with one attached hydrogen (secondary N) is 1. The molecule has 1 heterocycles. The summed E-state index contributed by atoms with van der Waals surface area (Å²) in [5, 5.41) is 0.927. The molecule has 4 nitrogen and oxygen atoms in total. The molecule has 0 radical (unpaired) electrons. The predicted octanol–water partition coefficient (Wildman–Crippen LogP) is 4.26. The van der Waals surface area contributed by atoms with Crippen LogP contribution >= 0.6 is 22.6 Å². The first-order chi connectivity index (χ1) is 10.6. The molecule has 1 fully saturated rings. The number of Topliss-reactive ketones (excluding diaryl/α,β-unsaturated/α-hetero) is 1. The third-order valence-corrected chi connectivity index (χ3v) is 4.63. The van der Waals surface area contributed by atoms with Gasteiger partial charge in [0.25, 0.3) is 0 Å². The second kappa shape index (κ2) is 6.56. The second-order valence-electron chi connectivity index (χ2n) is 5.95. The van der Waals surface area contributed by atoms with Gasteiger partial charge in [0.15, 0.2) is 5.76 Å². The molecular weight excluding hydrogens is 318 g/mol. The van der Waals surface area contributed by atoms with Gasteiger partial charge in [0.2, 0.25) is 5.78 Å². The number of thiol groups is 1. The fraction of sp³-hybridized carbons (Fsp3) is 0.438. The van der Waals surface area contributed by atoms with Gasteiger partial charge in [-0.2, -0.15) is 0 Å². The monoisotopic (exact) mass is 337 g/mol. The fourth-order valence-electron chi connectivity index (χ4n) is 2.52. The zero-order valence-electron chi connectivity index (χ0n) is 12.5. The maximum Gasteiger partial charge on any atom is 0.200 e. The summed E-state index contributed by atoms with van der Waals surface area (Å²) < 4.78 is 14.8. The molecule has 0 amide bonds. The van der Waals surface area contributed by atoms with Gasteiger partial charge in [-0.1, -0.05) is 25.5 Å². The number of carbonyl (C=O) groups is 1. The Kier molecular flexibility index (Phi) is 4.70. The van der Waals surface area contributed by atoms with Crippen LogP contribution in [0.2, 0.25) is 0 Å². The lowest BCUT2D eigenvalue weighted by atomic mass is 9.90. The number of hydrogen-bond donors (Lipinski definition) is 2. The van der Waals surface area contributed by atoms with E-state index < -0.39 is 0 Å². The predicted molar refractivity (Wildman–Crippen MR) is 92.5 cm³/mol. The lowest BCUT2D eigenvalue weighted by Crippen LogP contribution is -2.43. The lowest BCUT2D eigenvalue weighted by Gasteiger charge is -2.35. The Morgan fingerprint density at radius 1 is 1.41 bits per heavy atom. The van der Waals surface area contributed by atoms with Crippen LogP contribution in [0.15, 0.2) is 28.7 Å². The number of ether oxygens (including phenoxy) is 1. The molecule has 2 aromatic rings. The Morgan fingerprint density at radius 3 is 2.86 bits per heavy atom. The molecule has 118 valence electrons. The number of fused-ring (bicyclic) bond motifs is 1. The van der Waals surface area contributed by atoms with Crippen molar-refractivity contribution in [2.75, 3.05) is 0 Å². The van der Waals surface area contributed by atoms with Gasteiger partial charge in [0.05, 0.1) is 0 Å². The summed E-state index contributed by atoms with van der Waals surface area (Å²) in [5.74, 6) is 1.16. The molecule has 1 aromatic carbocycles. The van der Waals surface area contributed by atoms with Crippen LogP contribution in [0.3, 0.4) is 0 Å². The number of hydrogen-bond acceptors (Lipinski definition) is 6. The van der Waals surface area contributed by atoms with Crippen molar-refractivity contribution in [3.63, 3.8) is 0 Å². The Balaban J connectivity index is 1.69. The first-order valence-electron chi connectivity index (χ1n) is 7.37. The first-order valence-corrected chi connectivity index (χ1v) is 9.24. The van der Waals surface area contributed by atoms with Crippen LogP contribution in [0.25, 0.3) is 11.0 Å². The molecule has 0 saturated heterocycles. The molecule has 1 aliphatic rings. The van der Waals surface area contributed by atoms with E-state index in [-0.39, 0.29) is 17.8 Å². The minimum absolute atomic E-state index is 0.0239. The average Bonchev–Trinajstić information content (AvgIpc) is 2.87. The molecular formula is C16H19NO3S2. The van der Waals surface area contributed by atoms with Gasteiger partial charge in [0, 0.05) is 36.3 Å². The van der Waals surface area contributed by atoms with E-state index in [1.807, 2.05) is 32.0 Å². The van der Waals surface area contributed by atoms with Crippen molar-refractivity contribution in [2.45, 2.75) is 38.8 Å². The van der Waals surface area contributed by atoms with Gasteiger partial charge in [-0.15, -0.1) is 0 Å². The molecule has 3 rings (SSSR count). The molecule has 0 bridgehead atoms. The minimum atomic E-state index is -0.0691. The maximum atomic E-state index is 12.0. The zero-order valence-corrected chi connectivity index (χ0v) is 14.2. The van der Waals surface area contributed by atoms with Gasteiger partial charge in [-0.25, -0.2) is 0 Å². The van der Waals surface area contributed by atoms with Crippen molar-refractivity contribution in [1.29, 1.82) is 0 Å². The maximum absolute atomic E-state index is 12.0. The average molecular weight is 337 g/mol. The fourth-order valence-corrected chi connectivity index (χ4v) is 3.30. The molecule has 0 aliphatic heterocycles. The SMILES string of the molecule is CC(C)C(=O)c1cc2ccc(OC3CC(NSS)C3)cc2o1. The van der Waals surface area contributed by atoms with Gasteiger partial charge in [-0.05, 0) is 29.2 Å². The number of carbonyl (C=O) groups excluding carboxylic acids is 1. The van der Waals surface area contributed by atoms with Crippen molar-refractivity contribution >= 4 is 39.4 Å². The zero-order chi connectivity index (χ0) is 15.7. The van der Waals surface area contributed by atoms with Crippen LogP contribution in [0.5, 0.6) is 5.75 Å². The number of ketones is 1. The number of benzene rings is 1. The molecule has 1 aliphatic carbocycles. The van der Waals surface area contributed by atoms with Crippen LogP contribution in [0, 0.1) is 5.92 Å². The third-order valence-electron chi connectivity index (χ3n) is 3.88. The van der Waals surface area contributed by atoms with Gasteiger partial charge >= 0.3 is 0 Å². The van der Waals surface area contributed by atoms with E-state index in [2.05, 4.69) is 16.4 Å². The Morgan fingerprint density at radius 2 is 2.18 bits per heavy atom. The summed E-state index contributed by atoms with van der Waals surface area (Å²) >= 11 is 4.07. The van der Waals surface area contributed by atoms with Crippen LogP contribution in [-0.2, 0) is 0 Å². The molecule has 22 heavy (non-hydrogen) atoms. The largest absolute Gasteiger partial charge is 0.490 e. The molecule has 0 unspecified atom stereocenters. The summed E-state index contributed by atoms with van der Waals surface area (Å²) in [6.07, 6.45) is 2.17. The van der Waals surface area contributed by atoms with E-state index in [0.29, 0.717) is 17.4 Å². The highest BCUT2D eigenvalue weighted by atomic mass is 33.1. The molecule has 0 spiro atoms. The highest BCUT2D eigenvalue weighted by molar-refractivity contribution is 8.67. The normalized spacial score (nSPS) is 21.1. The molecule has 1 aromatic heterocycles. The van der Waals surface area contributed by atoms with E-state index in [1.165, 1.54) is 11.0 Å². The van der Waals surface area contributed by atoms with Crippen molar-refractivity contribution in [1.82, 2.24) is 4.72 Å². The summed E-state index contributed by atoms with van der Waals surface area (Å²) in [4.78, 5) is 12.0. The summed E-state index contributed by atoms with van der Waals surface area (Å²) in [7, 11) is 1.35. The highest BCUT2D eigenvalue weighted by Gasteiger charge is 2.30. The van der Waals surface area contributed by atoms with Crippen LogP contribution < -0.4 is 9.46 Å². The first kappa shape index (κ1) is 15.8. The Bertz CT molecular complexity index is 677. The highest BCUT2D eigenvalue weighted by Crippen LogP contribution is 2.30. The van der Waals surface area contributed by atoms with E-state index >= 15 is 0 Å².